The highest BCUT2D eigenvalue weighted by Crippen LogP contribution is 2.28. The lowest BCUT2D eigenvalue weighted by Crippen LogP contribution is -2.44. The third-order valence-electron chi connectivity index (χ3n) is 5.10. The van der Waals surface area contributed by atoms with Gasteiger partial charge in [0.25, 0.3) is 0 Å². The number of piperazine rings is 1. The molecule has 0 unspecified atom stereocenters. The van der Waals surface area contributed by atoms with Crippen molar-refractivity contribution in [2.45, 2.75) is 13.5 Å². The molecule has 3 heterocycles. The van der Waals surface area contributed by atoms with Crippen LogP contribution in [-0.2, 0) is 6.54 Å². The Bertz CT molecular complexity index is 892. The third-order valence-corrected chi connectivity index (χ3v) is 5.10. The quantitative estimate of drug-likeness (QED) is 0.792. The van der Waals surface area contributed by atoms with Gasteiger partial charge in [-0.05, 0) is 37.2 Å². The summed E-state index contributed by atoms with van der Waals surface area (Å²) < 4.78 is 1.93. The zero-order valence-electron chi connectivity index (χ0n) is 14.8. The molecule has 6 nitrogen and oxygen atoms in total. The van der Waals surface area contributed by atoms with E-state index >= 15 is 0 Å². The molecule has 1 aliphatic heterocycles. The number of fused-ring (bicyclic) bond motifs is 1. The van der Waals surface area contributed by atoms with Crippen LogP contribution in [0.25, 0.3) is 16.8 Å². The summed E-state index contributed by atoms with van der Waals surface area (Å²) in [6.45, 7) is 6.91. The van der Waals surface area contributed by atoms with E-state index in [2.05, 4.69) is 64.3 Å². The smallest absolute Gasteiger partial charge is 0.137 e. The van der Waals surface area contributed by atoms with Crippen molar-refractivity contribution < 1.29 is 0 Å². The molecule has 0 amide bonds. The second-order valence-corrected chi connectivity index (χ2v) is 6.77. The van der Waals surface area contributed by atoms with Crippen molar-refractivity contribution in [2.75, 3.05) is 38.1 Å². The van der Waals surface area contributed by atoms with Crippen LogP contribution >= 0.6 is 0 Å². The summed E-state index contributed by atoms with van der Waals surface area (Å²) in [6, 6.07) is 8.55. The first-order valence-corrected chi connectivity index (χ1v) is 8.72. The fourth-order valence-electron chi connectivity index (χ4n) is 3.45. The molecule has 0 saturated carbocycles. The van der Waals surface area contributed by atoms with Gasteiger partial charge in [0.1, 0.15) is 6.33 Å². The van der Waals surface area contributed by atoms with Gasteiger partial charge in [0.15, 0.2) is 0 Å². The Morgan fingerprint density at radius 1 is 1.12 bits per heavy atom. The van der Waals surface area contributed by atoms with E-state index in [9.17, 15) is 0 Å². The number of anilines is 1. The normalized spacial score (nSPS) is 15.9. The third kappa shape index (κ3) is 2.99. The van der Waals surface area contributed by atoms with Gasteiger partial charge in [-0.25, -0.2) is 9.50 Å². The fraction of sp³-hybridized carbons (Fsp3) is 0.368. The van der Waals surface area contributed by atoms with Crippen LogP contribution in [0.15, 0.2) is 36.8 Å². The molecule has 25 heavy (non-hydrogen) atoms. The predicted octanol–water partition coefficient (Wildman–Crippen LogP) is 1.92. The van der Waals surface area contributed by atoms with Crippen molar-refractivity contribution in [3.8, 4) is 11.3 Å². The van der Waals surface area contributed by atoms with E-state index in [-0.39, 0.29) is 0 Å². The van der Waals surface area contributed by atoms with Gasteiger partial charge < -0.3 is 15.5 Å². The molecular weight excluding hydrogens is 312 g/mol. The highest BCUT2D eigenvalue weighted by atomic mass is 15.3. The van der Waals surface area contributed by atoms with Crippen LogP contribution in [0.3, 0.4) is 0 Å². The minimum Gasteiger partial charge on any atom is -0.368 e. The second-order valence-electron chi connectivity index (χ2n) is 6.77. The van der Waals surface area contributed by atoms with Crippen molar-refractivity contribution in [1.82, 2.24) is 19.5 Å². The average Bonchev–Trinajstić information content (AvgIpc) is 3.06. The number of benzene rings is 1. The monoisotopic (exact) mass is 336 g/mol. The molecule has 0 atom stereocenters. The van der Waals surface area contributed by atoms with Gasteiger partial charge in [-0.3, -0.25) is 0 Å². The molecule has 3 aromatic rings. The second kappa shape index (κ2) is 6.46. The topological polar surface area (TPSA) is 62.7 Å². The van der Waals surface area contributed by atoms with Crippen LogP contribution in [0.2, 0.25) is 0 Å². The van der Waals surface area contributed by atoms with Gasteiger partial charge in [-0.1, -0.05) is 12.1 Å². The first-order valence-electron chi connectivity index (χ1n) is 8.72. The standard InChI is InChI=1S/C19H24N6/c1-14-9-15(3-4-16(14)11-20)19-18-10-17(12-25(18)22-13-21-19)24-7-5-23(2)6-8-24/h3-4,9-10,12-13H,5-8,11,20H2,1-2H3. The number of aromatic nitrogens is 3. The molecule has 1 saturated heterocycles. The Kier molecular flexibility index (Phi) is 4.15. The SMILES string of the molecule is Cc1cc(-c2ncnn3cc(N4CCN(C)CC4)cc23)ccc1CN. The molecule has 4 rings (SSSR count). The van der Waals surface area contributed by atoms with Gasteiger partial charge in [0.05, 0.1) is 23.1 Å². The molecule has 130 valence electrons. The molecule has 0 bridgehead atoms. The summed E-state index contributed by atoms with van der Waals surface area (Å²) in [7, 11) is 2.17. The van der Waals surface area contributed by atoms with Crippen molar-refractivity contribution in [3.05, 3.63) is 47.9 Å². The maximum Gasteiger partial charge on any atom is 0.137 e. The van der Waals surface area contributed by atoms with Gasteiger partial charge in [0, 0.05) is 38.3 Å². The Morgan fingerprint density at radius 2 is 1.92 bits per heavy atom. The number of hydrogen-bond acceptors (Lipinski definition) is 5. The first kappa shape index (κ1) is 16.1. The van der Waals surface area contributed by atoms with Crippen LogP contribution < -0.4 is 10.6 Å². The van der Waals surface area contributed by atoms with E-state index in [1.165, 1.54) is 16.8 Å². The van der Waals surface area contributed by atoms with Crippen molar-refractivity contribution >= 4 is 11.2 Å². The highest BCUT2D eigenvalue weighted by molar-refractivity contribution is 5.80. The Labute approximate surface area is 147 Å². The minimum absolute atomic E-state index is 0.560. The molecule has 1 aliphatic rings. The van der Waals surface area contributed by atoms with E-state index in [0.717, 1.165) is 43.0 Å². The number of nitrogens with two attached hydrogens (primary N) is 1. The van der Waals surface area contributed by atoms with Crippen LogP contribution in [-0.4, -0.2) is 52.7 Å². The van der Waals surface area contributed by atoms with Crippen molar-refractivity contribution in [1.29, 1.82) is 0 Å². The number of rotatable bonds is 3. The van der Waals surface area contributed by atoms with Gasteiger partial charge in [-0.15, -0.1) is 0 Å². The van der Waals surface area contributed by atoms with Crippen molar-refractivity contribution in [3.63, 3.8) is 0 Å². The molecular formula is C19H24N6. The van der Waals surface area contributed by atoms with Crippen molar-refractivity contribution in [2.24, 2.45) is 5.73 Å². The zero-order chi connectivity index (χ0) is 17.4. The molecule has 2 aromatic heterocycles. The fourth-order valence-corrected chi connectivity index (χ4v) is 3.45. The van der Waals surface area contributed by atoms with Crippen LogP contribution in [0.5, 0.6) is 0 Å². The van der Waals surface area contributed by atoms with Gasteiger partial charge >= 0.3 is 0 Å². The lowest BCUT2D eigenvalue weighted by molar-refractivity contribution is 0.313. The van der Waals surface area contributed by atoms with Crippen LogP contribution in [0.1, 0.15) is 11.1 Å². The Morgan fingerprint density at radius 3 is 2.64 bits per heavy atom. The summed E-state index contributed by atoms with van der Waals surface area (Å²) in [5, 5.41) is 4.40. The summed E-state index contributed by atoms with van der Waals surface area (Å²) in [5.74, 6) is 0. The summed E-state index contributed by atoms with van der Waals surface area (Å²) >= 11 is 0. The average molecular weight is 336 g/mol. The molecule has 2 N–H and O–H groups in total. The van der Waals surface area contributed by atoms with Crippen LogP contribution in [0.4, 0.5) is 5.69 Å². The Hall–Kier alpha value is -2.44. The molecule has 0 aliphatic carbocycles. The molecule has 1 aromatic carbocycles. The first-order chi connectivity index (χ1) is 12.2. The predicted molar refractivity (Wildman–Crippen MR) is 101 cm³/mol. The minimum atomic E-state index is 0.560. The number of hydrogen-bond donors (Lipinski definition) is 1. The van der Waals surface area contributed by atoms with E-state index in [4.69, 9.17) is 5.73 Å². The lowest BCUT2D eigenvalue weighted by atomic mass is 10.0. The Balaban J connectivity index is 1.74. The summed E-state index contributed by atoms with van der Waals surface area (Å²) in [5.41, 5.74) is 12.5. The number of likely N-dealkylation sites (N-methyl/N-ethyl adjacent to an activating group) is 1. The largest absolute Gasteiger partial charge is 0.368 e. The lowest BCUT2D eigenvalue weighted by Gasteiger charge is -2.33. The number of aryl methyl sites for hydroxylation is 1. The van der Waals surface area contributed by atoms with Gasteiger partial charge in [-0.2, -0.15) is 5.10 Å². The molecule has 0 spiro atoms. The maximum absolute atomic E-state index is 5.79. The summed E-state index contributed by atoms with van der Waals surface area (Å²) in [6.07, 6.45) is 3.73. The van der Waals surface area contributed by atoms with E-state index < -0.39 is 0 Å². The van der Waals surface area contributed by atoms with E-state index in [1.807, 2.05) is 4.52 Å². The van der Waals surface area contributed by atoms with Gasteiger partial charge in [0.2, 0.25) is 0 Å². The molecule has 1 fully saturated rings. The van der Waals surface area contributed by atoms with E-state index in [0.29, 0.717) is 6.54 Å². The molecule has 6 heteroatoms. The van der Waals surface area contributed by atoms with Crippen LogP contribution in [0, 0.1) is 6.92 Å². The zero-order valence-corrected chi connectivity index (χ0v) is 14.8. The number of nitrogens with zero attached hydrogens (tertiary/aromatic N) is 5. The van der Waals surface area contributed by atoms with E-state index in [1.54, 1.807) is 6.33 Å². The maximum atomic E-state index is 5.79. The highest BCUT2D eigenvalue weighted by Gasteiger charge is 2.17. The summed E-state index contributed by atoms with van der Waals surface area (Å²) in [4.78, 5) is 9.33. The molecule has 0 radical (unpaired) electrons.